The van der Waals surface area contributed by atoms with E-state index in [-0.39, 0.29) is 5.91 Å². The third-order valence-corrected chi connectivity index (χ3v) is 3.17. The zero-order chi connectivity index (χ0) is 14.7. The fourth-order valence-corrected chi connectivity index (χ4v) is 2.24. The number of nitrogens with zero attached hydrogens (tertiary/aromatic N) is 3. The van der Waals surface area contributed by atoms with E-state index in [0.29, 0.717) is 17.9 Å². The Kier molecular flexibility index (Phi) is 4.12. The van der Waals surface area contributed by atoms with Crippen molar-refractivity contribution in [2.45, 2.75) is 33.4 Å². The van der Waals surface area contributed by atoms with Crippen LogP contribution in [0.25, 0.3) is 0 Å². The van der Waals surface area contributed by atoms with Crippen LogP contribution in [-0.4, -0.2) is 20.3 Å². The SMILES string of the molecule is CCCn1cc(N)cc1C(=O)NCc1cn(C)nc1C. The summed E-state index contributed by atoms with van der Waals surface area (Å²) in [7, 11) is 1.87. The Morgan fingerprint density at radius 1 is 1.45 bits per heavy atom. The van der Waals surface area contributed by atoms with E-state index in [2.05, 4.69) is 17.3 Å². The Hall–Kier alpha value is -2.24. The number of hydrogen-bond donors (Lipinski definition) is 2. The first-order valence-electron chi connectivity index (χ1n) is 6.74. The summed E-state index contributed by atoms with van der Waals surface area (Å²) >= 11 is 0. The Labute approximate surface area is 118 Å². The second-order valence-electron chi connectivity index (χ2n) is 4.95. The van der Waals surface area contributed by atoms with Crippen molar-refractivity contribution in [1.29, 1.82) is 0 Å². The molecule has 0 fully saturated rings. The largest absolute Gasteiger partial charge is 0.397 e. The van der Waals surface area contributed by atoms with Crippen molar-refractivity contribution in [2.24, 2.45) is 7.05 Å². The number of nitrogen functional groups attached to an aromatic ring is 1. The molecule has 0 bridgehead atoms. The number of anilines is 1. The Morgan fingerprint density at radius 3 is 2.80 bits per heavy atom. The summed E-state index contributed by atoms with van der Waals surface area (Å²) in [5.74, 6) is -0.113. The molecule has 0 aliphatic heterocycles. The Morgan fingerprint density at radius 2 is 2.20 bits per heavy atom. The van der Waals surface area contributed by atoms with Gasteiger partial charge in [0.1, 0.15) is 5.69 Å². The van der Waals surface area contributed by atoms with Gasteiger partial charge in [-0.1, -0.05) is 6.92 Å². The average Bonchev–Trinajstić information content (AvgIpc) is 2.90. The van der Waals surface area contributed by atoms with Crippen molar-refractivity contribution >= 4 is 11.6 Å². The number of rotatable bonds is 5. The highest BCUT2D eigenvalue weighted by molar-refractivity contribution is 5.93. The third-order valence-electron chi connectivity index (χ3n) is 3.17. The molecule has 0 atom stereocenters. The molecule has 6 heteroatoms. The summed E-state index contributed by atoms with van der Waals surface area (Å²) in [5.41, 5.74) is 8.93. The number of nitrogens with two attached hydrogens (primary N) is 1. The van der Waals surface area contributed by atoms with Crippen LogP contribution in [0, 0.1) is 6.92 Å². The third kappa shape index (κ3) is 3.01. The lowest BCUT2D eigenvalue weighted by molar-refractivity contribution is 0.0941. The van der Waals surface area contributed by atoms with Gasteiger partial charge in [0, 0.05) is 38.1 Å². The topological polar surface area (TPSA) is 77.9 Å². The molecule has 0 aliphatic carbocycles. The lowest BCUT2D eigenvalue weighted by atomic mass is 10.2. The molecule has 0 saturated carbocycles. The van der Waals surface area contributed by atoms with Gasteiger partial charge in [-0.15, -0.1) is 0 Å². The molecule has 0 aromatic carbocycles. The van der Waals surface area contributed by atoms with Crippen LogP contribution in [0.15, 0.2) is 18.5 Å². The van der Waals surface area contributed by atoms with E-state index >= 15 is 0 Å². The molecule has 0 unspecified atom stereocenters. The van der Waals surface area contributed by atoms with Gasteiger partial charge < -0.3 is 15.6 Å². The van der Waals surface area contributed by atoms with E-state index in [1.165, 1.54) is 0 Å². The fraction of sp³-hybridized carbons (Fsp3) is 0.429. The number of nitrogens with one attached hydrogen (secondary N) is 1. The summed E-state index contributed by atoms with van der Waals surface area (Å²) in [5, 5.41) is 7.17. The zero-order valence-corrected chi connectivity index (χ0v) is 12.2. The summed E-state index contributed by atoms with van der Waals surface area (Å²) in [6.07, 6.45) is 4.67. The van der Waals surface area contributed by atoms with Gasteiger partial charge in [0.25, 0.3) is 5.91 Å². The molecule has 20 heavy (non-hydrogen) atoms. The molecule has 0 radical (unpaired) electrons. The molecule has 2 rings (SSSR count). The molecule has 0 spiro atoms. The second-order valence-corrected chi connectivity index (χ2v) is 4.95. The van der Waals surface area contributed by atoms with E-state index < -0.39 is 0 Å². The molecule has 108 valence electrons. The van der Waals surface area contributed by atoms with Crippen molar-refractivity contribution < 1.29 is 4.79 Å². The number of aryl methyl sites for hydroxylation is 3. The average molecular weight is 275 g/mol. The van der Waals surface area contributed by atoms with Crippen LogP contribution in [-0.2, 0) is 20.1 Å². The quantitative estimate of drug-likeness (QED) is 0.867. The minimum absolute atomic E-state index is 0.113. The van der Waals surface area contributed by atoms with Gasteiger partial charge in [-0.25, -0.2) is 0 Å². The van der Waals surface area contributed by atoms with E-state index in [4.69, 9.17) is 5.73 Å². The Balaban J connectivity index is 2.07. The molecule has 0 saturated heterocycles. The van der Waals surface area contributed by atoms with Crippen molar-refractivity contribution in [1.82, 2.24) is 19.7 Å². The molecule has 1 amide bonds. The summed E-state index contributed by atoms with van der Waals surface area (Å²) in [4.78, 5) is 12.2. The van der Waals surface area contributed by atoms with Crippen LogP contribution in [0.4, 0.5) is 5.69 Å². The van der Waals surface area contributed by atoms with Crippen molar-refractivity contribution in [3.63, 3.8) is 0 Å². The van der Waals surface area contributed by atoms with Crippen LogP contribution >= 0.6 is 0 Å². The molecular formula is C14H21N5O. The zero-order valence-electron chi connectivity index (χ0n) is 12.2. The maximum Gasteiger partial charge on any atom is 0.268 e. The first-order chi connectivity index (χ1) is 9.51. The number of aromatic nitrogens is 3. The van der Waals surface area contributed by atoms with Gasteiger partial charge in [0.15, 0.2) is 0 Å². The standard InChI is InChI=1S/C14H21N5O/c1-4-5-19-9-12(15)6-13(19)14(20)16-7-11-8-18(3)17-10(11)2/h6,8-9H,4-5,7,15H2,1-3H3,(H,16,20). The predicted molar refractivity (Wildman–Crippen MR) is 78.3 cm³/mol. The van der Waals surface area contributed by atoms with Gasteiger partial charge in [0.2, 0.25) is 0 Å². The van der Waals surface area contributed by atoms with E-state index in [1.54, 1.807) is 16.9 Å². The smallest absolute Gasteiger partial charge is 0.268 e. The first kappa shape index (κ1) is 14.2. The summed E-state index contributed by atoms with van der Waals surface area (Å²) in [6, 6.07) is 1.71. The normalized spacial score (nSPS) is 10.8. The summed E-state index contributed by atoms with van der Waals surface area (Å²) < 4.78 is 3.63. The number of amides is 1. The molecular weight excluding hydrogens is 254 g/mol. The second kappa shape index (κ2) is 5.81. The van der Waals surface area contributed by atoms with Crippen LogP contribution in [0.3, 0.4) is 0 Å². The van der Waals surface area contributed by atoms with Gasteiger partial charge in [-0.3, -0.25) is 9.48 Å². The molecule has 2 aromatic heterocycles. The highest BCUT2D eigenvalue weighted by Gasteiger charge is 2.13. The van der Waals surface area contributed by atoms with E-state index in [9.17, 15) is 4.79 Å². The number of carbonyl (C=O) groups excluding carboxylic acids is 1. The van der Waals surface area contributed by atoms with Crippen molar-refractivity contribution in [2.75, 3.05) is 5.73 Å². The van der Waals surface area contributed by atoms with Crippen LogP contribution in [0.5, 0.6) is 0 Å². The summed E-state index contributed by atoms with van der Waals surface area (Å²) in [6.45, 7) is 5.25. The van der Waals surface area contributed by atoms with E-state index in [1.807, 2.05) is 24.7 Å². The maximum atomic E-state index is 12.2. The van der Waals surface area contributed by atoms with Gasteiger partial charge >= 0.3 is 0 Å². The maximum absolute atomic E-state index is 12.2. The van der Waals surface area contributed by atoms with Gasteiger partial charge in [0.05, 0.1) is 11.4 Å². The molecule has 0 aliphatic rings. The van der Waals surface area contributed by atoms with Crippen LogP contribution in [0.1, 0.15) is 35.1 Å². The van der Waals surface area contributed by atoms with Gasteiger partial charge in [-0.05, 0) is 19.4 Å². The van der Waals surface area contributed by atoms with Crippen LogP contribution < -0.4 is 11.1 Å². The highest BCUT2D eigenvalue weighted by atomic mass is 16.1. The molecule has 6 nitrogen and oxygen atoms in total. The monoisotopic (exact) mass is 275 g/mol. The minimum atomic E-state index is -0.113. The van der Waals surface area contributed by atoms with E-state index in [0.717, 1.165) is 24.2 Å². The van der Waals surface area contributed by atoms with Crippen molar-refractivity contribution in [3.8, 4) is 0 Å². The minimum Gasteiger partial charge on any atom is -0.397 e. The first-order valence-corrected chi connectivity index (χ1v) is 6.74. The van der Waals surface area contributed by atoms with Gasteiger partial charge in [-0.2, -0.15) is 5.10 Å². The van der Waals surface area contributed by atoms with Crippen molar-refractivity contribution in [3.05, 3.63) is 35.4 Å². The number of carbonyl (C=O) groups is 1. The molecule has 2 heterocycles. The highest BCUT2D eigenvalue weighted by Crippen LogP contribution is 2.12. The fourth-order valence-electron chi connectivity index (χ4n) is 2.24. The van der Waals surface area contributed by atoms with Crippen LogP contribution in [0.2, 0.25) is 0 Å². The molecule has 3 N–H and O–H groups in total. The Bertz CT molecular complexity index is 611. The molecule has 2 aromatic rings. The predicted octanol–water partition coefficient (Wildman–Crippen LogP) is 1.45. The lowest BCUT2D eigenvalue weighted by Crippen LogP contribution is -2.25. The lowest BCUT2D eigenvalue weighted by Gasteiger charge is -2.08. The number of hydrogen-bond acceptors (Lipinski definition) is 3.